The van der Waals surface area contributed by atoms with Crippen LogP contribution in [0.1, 0.15) is 18.1 Å². The summed E-state index contributed by atoms with van der Waals surface area (Å²) in [5.41, 5.74) is 2.62. The summed E-state index contributed by atoms with van der Waals surface area (Å²) in [6.07, 6.45) is 1.11. The first kappa shape index (κ1) is 24.4. The van der Waals surface area contributed by atoms with Crippen LogP contribution in [0.2, 0.25) is 0 Å². The Bertz CT molecular complexity index is 1290. The van der Waals surface area contributed by atoms with E-state index in [1.54, 1.807) is 37.1 Å². The van der Waals surface area contributed by atoms with Crippen LogP contribution in [-0.2, 0) is 13.1 Å². The molecule has 0 saturated carbocycles. The van der Waals surface area contributed by atoms with Gasteiger partial charge in [0, 0.05) is 25.7 Å². The third-order valence-electron chi connectivity index (χ3n) is 5.74. The Hall–Kier alpha value is -3.68. The van der Waals surface area contributed by atoms with E-state index in [-0.39, 0.29) is 5.56 Å². The second kappa shape index (κ2) is 11.6. The molecule has 0 spiro atoms. The minimum absolute atomic E-state index is 0.133. The number of rotatable bonds is 11. The average molecular weight is 474 g/mol. The molecule has 1 heterocycles. The molecule has 3 aromatic carbocycles. The Morgan fingerprint density at radius 3 is 2.34 bits per heavy atom. The highest BCUT2D eigenvalue weighted by molar-refractivity contribution is 5.81. The minimum Gasteiger partial charge on any atom is -0.493 e. The summed E-state index contributed by atoms with van der Waals surface area (Å²) in [6, 6.07) is 23.4. The molecule has 0 amide bonds. The number of fused-ring (bicyclic) bond motifs is 1. The smallest absolute Gasteiger partial charge is 0.261 e. The first-order valence-electron chi connectivity index (χ1n) is 11.7. The van der Waals surface area contributed by atoms with Crippen molar-refractivity contribution >= 4 is 10.9 Å². The molecule has 35 heavy (non-hydrogen) atoms. The normalized spacial score (nSPS) is 12.1. The fourth-order valence-corrected chi connectivity index (χ4v) is 4.07. The van der Waals surface area contributed by atoms with E-state index in [0.717, 1.165) is 5.56 Å². The van der Waals surface area contributed by atoms with Crippen molar-refractivity contribution in [2.75, 3.05) is 26.8 Å². The molecule has 0 bridgehead atoms. The predicted octanol–water partition coefficient (Wildman–Crippen LogP) is 3.72. The molecular weight excluding hydrogens is 442 g/mol. The molecule has 4 rings (SSSR count). The van der Waals surface area contributed by atoms with E-state index in [2.05, 4.69) is 22.0 Å². The third-order valence-corrected chi connectivity index (χ3v) is 5.74. The van der Waals surface area contributed by atoms with Crippen LogP contribution in [0.4, 0.5) is 0 Å². The third kappa shape index (κ3) is 6.47. The highest BCUT2D eigenvalue weighted by atomic mass is 16.5. The molecule has 0 saturated heterocycles. The maximum Gasteiger partial charge on any atom is 0.261 e. The number of aliphatic hydroxyl groups excluding tert-OH is 1. The van der Waals surface area contributed by atoms with Gasteiger partial charge in [-0.2, -0.15) is 0 Å². The van der Waals surface area contributed by atoms with Gasteiger partial charge in [-0.15, -0.1) is 0 Å². The van der Waals surface area contributed by atoms with E-state index in [4.69, 9.17) is 9.47 Å². The van der Waals surface area contributed by atoms with Crippen molar-refractivity contribution in [1.82, 2.24) is 14.5 Å². The first-order chi connectivity index (χ1) is 17.0. The molecule has 1 atom stereocenters. The Balaban J connectivity index is 1.52. The van der Waals surface area contributed by atoms with Crippen molar-refractivity contribution < 1.29 is 14.6 Å². The van der Waals surface area contributed by atoms with Gasteiger partial charge in [-0.3, -0.25) is 14.3 Å². The van der Waals surface area contributed by atoms with Crippen LogP contribution in [0.15, 0.2) is 83.9 Å². The lowest BCUT2D eigenvalue weighted by atomic mass is 10.2. The quantitative estimate of drug-likeness (QED) is 0.358. The monoisotopic (exact) mass is 473 g/mol. The molecule has 1 N–H and O–H groups in total. The number of benzene rings is 3. The van der Waals surface area contributed by atoms with Gasteiger partial charge in [-0.1, -0.05) is 60.7 Å². The maximum atomic E-state index is 13.2. The highest BCUT2D eigenvalue weighted by Gasteiger charge is 2.14. The molecule has 182 valence electrons. The van der Waals surface area contributed by atoms with Gasteiger partial charge in [0.25, 0.3) is 5.56 Å². The van der Waals surface area contributed by atoms with E-state index >= 15 is 0 Å². The van der Waals surface area contributed by atoms with Crippen molar-refractivity contribution in [3.63, 3.8) is 0 Å². The zero-order chi connectivity index (χ0) is 24.6. The van der Waals surface area contributed by atoms with Gasteiger partial charge in [0.15, 0.2) is 11.5 Å². The largest absolute Gasteiger partial charge is 0.493 e. The highest BCUT2D eigenvalue weighted by Crippen LogP contribution is 2.30. The number of nitrogens with zero attached hydrogens (tertiary/aromatic N) is 3. The number of aromatic nitrogens is 2. The Morgan fingerprint density at radius 1 is 1.00 bits per heavy atom. The van der Waals surface area contributed by atoms with Gasteiger partial charge in [-0.05, 0) is 24.1 Å². The lowest BCUT2D eigenvalue weighted by molar-refractivity contribution is 0.110. The molecular formula is C28H31N3O4. The summed E-state index contributed by atoms with van der Waals surface area (Å²) in [7, 11) is 1.57. The number of hydrogen-bond acceptors (Lipinski definition) is 6. The SMILES string of the molecule is COc1cc2ncn(Cc3ccccc3)c(=O)c2cc1OCCN(Cc1ccccc1)C[C@H](C)O. The Kier molecular flexibility index (Phi) is 8.13. The molecule has 7 nitrogen and oxygen atoms in total. The first-order valence-corrected chi connectivity index (χ1v) is 11.7. The van der Waals surface area contributed by atoms with E-state index < -0.39 is 6.10 Å². The van der Waals surface area contributed by atoms with Gasteiger partial charge in [-0.25, -0.2) is 4.98 Å². The maximum absolute atomic E-state index is 13.2. The summed E-state index contributed by atoms with van der Waals surface area (Å²) in [5, 5.41) is 10.4. The van der Waals surface area contributed by atoms with Crippen LogP contribution in [0.25, 0.3) is 10.9 Å². The van der Waals surface area contributed by atoms with Gasteiger partial charge < -0.3 is 14.6 Å². The van der Waals surface area contributed by atoms with Gasteiger partial charge in [0.1, 0.15) is 6.61 Å². The number of aliphatic hydroxyl groups is 1. The van der Waals surface area contributed by atoms with Crippen LogP contribution in [0, 0.1) is 0 Å². The predicted molar refractivity (Wildman–Crippen MR) is 137 cm³/mol. The van der Waals surface area contributed by atoms with Crippen molar-refractivity contribution in [1.29, 1.82) is 0 Å². The zero-order valence-corrected chi connectivity index (χ0v) is 20.1. The van der Waals surface area contributed by atoms with Crippen molar-refractivity contribution in [3.8, 4) is 11.5 Å². The summed E-state index contributed by atoms with van der Waals surface area (Å²) in [5.74, 6) is 1.02. The summed E-state index contributed by atoms with van der Waals surface area (Å²) < 4.78 is 13.2. The summed E-state index contributed by atoms with van der Waals surface area (Å²) >= 11 is 0. The van der Waals surface area contributed by atoms with Crippen LogP contribution in [0.5, 0.6) is 11.5 Å². The fourth-order valence-electron chi connectivity index (χ4n) is 4.07. The number of methoxy groups -OCH3 is 1. The molecule has 0 aliphatic heterocycles. The van der Waals surface area contributed by atoms with E-state index in [9.17, 15) is 9.90 Å². The Morgan fingerprint density at radius 2 is 1.69 bits per heavy atom. The molecule has 0 aliphatic rings. The molecule has 7 heteroatoms. The standard InChI is InChI=1S/C28H31N3O4/c1-21(32)17-30(18-22-9-5-3-6-10-22)13-14-35-27-15-24-25(16-26(27)34-2)29-20-31(28(24)33)19-23-11-7-4-8-12-23/h3-12,15-16,20-21,32H,13-14,17-19H2,1-2H3/t21-/m0/s1. The molecule has 0 unspecified atom stereocenters. The van der Waals surface area contributed by atoms with Crippen LogP contribution < -0.4 is 15.0 Å². The summed E-state index contributed by atoms with van der Waals surface area (Å²) in [4.78, 5) is 19.8. The molecule has 0 aliphatic carbocycles. The molecule has 0 radical (unpaired) electrons. The lowest BCUT2D eigenvalue weighted by Crippen LogP contribution is -2.34. The van der Waals surface area contributed by atoms with Gasteiger partial charge in [0.05, 0.1) is 37.0 Å². The summed E-state index contributed by atoms with van der Waals surface area (Å²) in [6.45, 7) is 4.43. The van der Waals surface area contributed by atoms with E-state index in [1.165, 1.54) is 5.56 Å². The minimum atomic E-state index is -0.455. The van der Waals surface area contributed by atoms with Gasteiger partial charge in [0.2, 0.25) is 0 Å². The number of ether oxygens (including phenoxy) is 2. The molecule has 4 aromatic rings. The number of hydrogen-bond donors (Lipinski definition) is 1. The van der Waals surface area contributed by atoms with Crippen molar-refractivity contribution in [2.45, 2.75) is 26.1 Å². The van der Waals surface area contributed by atoms with Crippen LogP contribution in [-0.4, -0.2) is 52.5 Å². The van der Waals surface area contributed by atoms with E-state index in [1.807, 2.05) is 48.5 Å². The molecule has 0 fully saturated rings. The average Bonchev–Trinajstić information content (AvgIpc) is 2.86. The van der Waals surface area contributed by atoms with Crippen LogP contribution in [0.3, 0.4) is 0 Å². The van der Waals surface area contributed by atoms with Crippen LogP contribution >= 0.6 is 0 Å². The Labute approximate surface area is 205 Å². The second-order valence-corrected chi connectivity index (χ2v) is 8.60. The zero-order valence-electron chi connectivity index (χ0n) is 20.1. The lowest BCUT2D eigenvalue weighted by Gasteiger charge is -2.24. The van der Waals surface area contributed by atoms with Gasteiger partial charge >= 0.3 is 0 Å². The topological polar surface area (TPSA) is 76.8 Å². The fraction of sp³-hybridized carbons (Fsp3) is 0.286. The molecule has 1 aromatic heterocycles. The second-order valence-electron chi connectivity index (χ2n) is 8.60. The van der Waals surface area contributed by atoms with Crippen molar-refractivity contribution in [2.24, 2.45) is 0 Å². The van der Waals surface area contributed by atoms with Crippen molar-refractivity contribution in [3.05, 3.63) is 101 Å². The van der Waals surface area contributed by atoms with E-state index in [0.29, 0.717) is 55.2 Å².